The summed E-state index contributed by atoms with van der Waals surface area (Å²) in [6, 6.07) is 17.3. The first-order chi connectivity index (χ1) is 16.4. The second-order valence-electron chi connectivity index (χ2n) is 7.84. The lowest BCUT2D eigenvalue weighted by atomic mass is 10.0. The number of fused-ring (bicyclic) bond motifs is 1. The number of hydrogen-bond acceptors (Lipinski definition) is 5. The third-order valence-corrected chi connectivity index (χ3v) is 7.26. The van der Waals surface area contributed by atoms with Gasteiger partial charge in [-0.3, -0.25) is 0 Å². The van der Waals surface area contributed by atoms with Crippen molar-refractivity contribution in [2.75, 3.05) is 18.6 Å². The van der Waals surface area contributed by atoms with Gasteiger partial charge in [0.1, 0.15) is 11.6 Å². The smallest absolute Gasteiger partial charge is 0.335 e. The molecule has 1 atom stereocenters. The molecule has 0 aliphatic rings. The van der Waals surface area contributed by atoms with E-state index in [1.54, 1.807) is 37.4 Å². The zero-order valence-corrected chi connectivity index (χ0v) is 20.4. The fraction of sp³-hybridized carbons (Fsp3) is 0.231. The van der Waals surface area contributed by atoms with Crippen LogP contribution in [0.15, 0.2) is 60.7 Å². The highest BCUT2D eigenvalue weighted by atomic mass is 35.5. The molecule has 0 aliphatic heterocycles. The number of carboxylic acids is 1. The van der Waals surface area contributed by atoms with Gasteiger partial charge in [-0.1, -0.05) is 54.1 Å². The molecule has 4 aromatic rings. The lowest BCUT2D eigenvalue weighted by Crippen LogP contribution is -2.30. The molecular formula is C26H24ClFN2O3S. The third-order valence-electron chi connectivity index (χ3n) is 5.79. The number of methoxy groups -OCH3 is 1. The SMILES string of the molecule is CCC(c1ccc(C(=O)O)cc1)N(CCc1ccc(OC)cc1Cl)c1nc2cccc(F)c2s1. The molecule has 0 aliphatic carbocycles. The summed E-state index contributed by atoms with van der Waals surface area (Å²) >= 11 is 7.80. The lowest BCUT2D eigenvalue weighted by Gasteiger charge is -2.31. The van der Waals surface area contributed by atoms with Crippen molar-refractivity contribution in [3.8, 4) is 5.75 Å². The van der Waals surface area contributed by atoms with Crippen molar-refractivity contribution < 1.29 is 19.0 Å². The van der Waals surface area contributed by atoms with Crippen molar-refractivity contribution in [2.45, 2.75) is 25.8 Å². The molecule has 1 N–H and O–H groups in total. The van der Waals surface area contributed by atoms with Crippen LogP contribution in [0.5, 0.6) is 5.75 Å². The number of thiazole rings is 1. The van der Waals surface area contributed by atoms with E-state index in [1.807, 2.05) is 24.3 Å². The number of carboxylic acid groups (broad SMARTS) is 1. The minimum absolute atomic E-state index is 0.0801. The van der Waals surface area contributed by atoms with Crippen LogP contribution in [0.2, 0.25) is 5.02 Å². The van der Waals surface area contributed by atoms with Crippen LogP contribution in [0, 0.1) is 5.82 Å². The third kappa shape index (κ3) is 5.00. The standard InChI is InChI=1S/C26H24ClFN2O3S/c1-3-23(17-7-9-18(10-8-17)25(31)32)30(14-13-16-11-12-19(33-2)15-20(16)27)26-29-22-6-4-5-21(28)24(22)34-26/h4-12,15,23H,3,13-14H2,1-2H3,(H,31,32). The number of rotatable bonds is 9. The van der Waals surface area contributed by atoms with Crippen molar-refractivity contribution in [3.63, 3.8) is 0 Å². The summed E-state index contributed by atoms with van der Waals surface area (Å²) in [6.45, 7) is 2.66. The maximum atomic E-state index is 14.4. The van der Waals surface area contributed by atoms with E-state index in [2.05, 4.69) is 11.8 Å². The Morgan fingerprint density at radius 2 is 1.97 bits per heavy atom. The molecule has 0 fully saturated rings. The second-order valence-corrected chi connectivity index (χ2v) is 9.22. The van der Waals surface area contributed by atoms with Crippen molar-refractivity contribution in [1.29, 1.82) is 0 Å². The van der Waals surface area contributed by atoms with E-state index >= 15 is 0 Å². The Kier molecular flexibility index (Phi) is 7.34. The molecule has 5 nitrogen and oxygen atoms in total. The van der Waals surface area contributed by atoms with Crippen LogP contribution in [0.1, 0.15) is 40.9 Å². The highest BCUT2D eigenvalue weighted by Gasteiger charge is 2.24. The summed E-state index contributed by atoms with van der Waals surface area (Å²) in [5.74, 6) is -0.567. The van der Waals surface area contributed by atoms with Gasteiger partial charge in [0.2, 0.25) is 0 Å². The van der Waals surface area contributed by atoms with Gasteiger partial charge in [-0.2, -0.15) is 0 Å². The molecule has 176 valence electrons. The summed E-state index contributed by atoms with van der Waals surface area (Å²) in [6.07, 6.45) is 1.39. The monoisotopic (exact) mass is 498 g/mol. The molecule has 0 saturated carbocycles. The van der Waals surface area contributed by atoms with Crippen LogP contribution in [-0.2, 0) is 6.42 Å². The number of nitrogens with zero attached hydrogens (tertiary/aromatic N) is 2. The van der Waals surface area contributed by atoms with Crippen LogP contribution in [0.25, 0.3) is 10.2 Å². The van der Waals surface area contributed by atoms with E-state index in [0.717, 1.165) is 17.5 Å². The molecule has 1 heterocycles. The quantitative estimate of drug-likeness (QED) is 0.269. The zero-order chi connectivity index (χ0) is 24.2. The molecule has 1 unspecified atom stereocenters. The topological polar surface area (TPSA) is 62.7 Å². The average Bonchev–Trinajstić information content (AvgIpc) is 3.28. The largest absolute Gasteiger partial charge is 0.497 e. The van der Waals surface area contributed by atoms with E-state index in [-0.39, 0.29) is 17.4 Å². The van der Waals surface area contributed by atoms with Crippen LogP contribution >= 0.6 is 22.9 Å². The predicted molar refractivity (Wildman–Crippen MR) is 135 cm³/mol. The zero-order valence-electron chi connectivity index (χ0n) is 18.8. The Bertz CT molecular complexity index is 1310. The number of hydrogen-bond donors (Lipinski definition) is 1. The number of ether oxygens (including phenoxy) is 1. The molecule has 1 aromatic heterocycles. The molecule has 0 amide bonds. The van der Waals surface area contributed by atoms with Gasteiger partial charge in [0.05, 0.1) is 28.9 Å². The van der Waals surface area contributed by atoms with E-state index < -0.39 is 5.97 Å². The first kappa shape index (κ1) is 24.0. The van der Waals surface area contributed by atoms with Crippen molar-refractivity contribution in [2.24, 2.45) is 0 Å². The number of aromatic carboxylic acids is 1. The molecule has 3 aromatic carbocycles. The number of carbonyl (C=O) groups is 1. The van der Waals surface area contributed by atoms with Gasteiger partial charge in [0, 0.05) is 11.6 Å². The van der Waals surface area contributed by atoms with E-state index in [0.29, 0.717) is 39.1 Å². The molecule has 4 rings (SSSR count). The summed E-state index contributed by atoms with van der Waals surface area (Å²) in [4.78, 5) is 18.2. The van der Waals surface area contributed by atoms with Gasteiger partial charge >= 0.3 is 5.97 Å². The van der Waals surface area contributed by atoms with E-state index in [1.165, 1.54) is 17.4 Å². The first-order valence-electron chi connectivity index (χ1n) is 10.9. The van der Waals surface area contributed by atoms with Crippen molar-refractivity contribution in [1.82, 2.24) is 4.98 Å². The number of anilines is 1. The van der Waals surface area contributed by atoms with Crippen molar-refractivity contribution in [3.05, 3.63) is 88.2 Å². The second kappa shape index (κ2) is 10.4. The maximum Gasteiger partial charge on any atom is 0.335 e. The Labute approximate surface area is 206 Å². The van der Waals surface area contributed by atoms with E-state index in [4.69, 9.17) is 21.3 Å². The number of aromatic nitrogens is 1. The highest BCUT2D eigenvalue weighted by Crippen LogP contribution is 2.37. The van der Waals surface area contributed by atoms with Crippen molar-refractivity contribution >= 4 is 44.3 Å². The molecule has 0 spiro atoms. The van der Waals surface area contributed by atoms with Crippen LogP contribution < -0.4 is 9.64 Å². The maximum absolute atomic E-state index is 14.4. The minimum atomic E-state index is -0.966. The van der Waals surface area contributed by atoms with Gasteiger partial charge in [0.15, 0.2) is 5.13 Å². The molecule has 8 heteroatoms. The Morgan fingerprint density at radius 3 is 2.59 bits per heavy atom. The van der Waals surface area contributed by atoms with Crippen LogP contribution in [0.3, 0.4) is 0 Å². The van der Waals surface area contributed by atoms with Crippen LogP contribution in [0.4, 0.5) is 9.52 Å². The van der Waals surface area contributed by atoms with Gasteiger partial charge < -0.3 is 14.7 Å². The van der Waals surface area contributed by atoms with Gasteiger partial charge in [-0.15, -0.1) is 0 Å². The normalized spacial score (nSPS) is 12.0. The molecule has 0 saturated heterocycles. The lowest BCUT2D eigenvalue weighted by molar-refractivity contribution is 0.0697. The van der Waals surface area contributed by atoms with Gasteiger partial charge in [-0.25, -0.2) is 14.2 Å². The summed E-state index contributed by atoms with van der Waals surface area (Å²) < 4.78 is 20.2. The predicted octanol–water partition coefficient (Wildman–Crippen LogP) is 7.00. The molecule has 34 heavy (non-hydrogen) atoms. The Balaban J connectivity index is 1.71. The molecular weight excluding hydrogens is 475 g/mol. The molecule has 0 radical (unpaired) electrons. The minimum Gasteiger partial charge on any atom is -0.497 e. The highest BCUT2D eigenvalue weighted by molar-refractivity contribution is 7.22. The van der Waals surface area contributed by atoms with Gasteiger partial charge in [0.25, 0.3) is 0 Å². The summed E-state index contributed by atoms with van der Waals surface area (Å²) in [7, 11) is 1.60. The Hall–Kier alpha value is -3.16. The summed E-state index contributed by atoms with van der Waals surface area (Å²) in [5.41, 5.74) is 2.78. The van der Waals surface area contributed by atoms with Crippen LogP contribution in [-0.4, -0.2) is 29.7 Å². The fourth-order valence-corrected chi connectivity index (χ4v) is 5.31. The van der Waals surface area contributed by atoms with E-state index in [9.17, 15) is 14.3 Å². The molecule has 0 bridgehead atoms. The number of benzene rings is 3. The Morgan fingerprint density at radius 1 is 1.21 bits per heavy atom. The fourth-order valence-electron chi connectivity index (χ4n) is 3.99. The summed E-state index contributed by atoms with van der Waals surface area (Å²) in [5, 5.41) is 10.6. The van der Waals surface area contributed by atoms with Gasteiger partial charge in [-0.05, 0) is 60.4 Å². The first-order valence-corrected chi connectivity index (χ1v) is 12.1. The number of halogens is 2. The average molecular weight is 499 g/mol.